The van der Waals surface area contributed by atoms with Gasteiger partial charge >= 0.3 is 0 Å². The number of carbonyl (C=O) groups is 1. The van der Waals surface area contributed by atoms with Crippen molar-refractivity contribution in [3.05, 3.63) is 29.0 Å². The predicted octanol–water partition coefficient (Wildman–Crippen LogP) is 2.04. The molecule has 4 heteroatoms. The first-order valence-electron chi connectivity index (χ1n) is 3.79. The zero-order valence-electron chi connectivity index (χ0n) is 6.99. The van der Waals surface area contributed by atoms with Crippen molar-refractivity contribution in [2.75, 3.05) is 0 Å². The van der Waals surface area contributed by atoms with E-state index in [1.165, 1.54) is 0 Å². The molecule has 0 amide bonds. The minimum Gasteiger partial charge on any atom is -0.349 e. The summed E-state index contributed by atoms with van der Waals surface area (Å²) >= 11 is 5.73. The lowest BCUT2D eigenvalue weighted by Crippen LogP contribution is -1.92. The maximum Gasteiger partial charge on any atom is 0.152 e. The molecule has 0 atom stereocenters. The van der Waals surface area contributed by atoms with Gasteiger partial charge in [0.2, 0.25) is 0 Å². The number of aldehydes is 1. The Morgan fingerprint density at radius 2 is 2.38 bits per heavy atom. The van der Waals surface area contributed by atoms with Crippen LogP contribution in [0.25, 0.3) is 11.0 Å². The standard InChI is InChI=1S/C9H7ClN2O/c1-12-3-2-7-9(12)6(5-13)4-8(10)11-7/h2-5H,1H3. The number of hydrogen-bond acceptors (Lipinski definition) is 2. The van der Waals surface area contributed by atoms with Crippen LogP contribution in [0.15, 0.2) is 18.3 Å². The highest BCUT2D eigenvalue weighted by molar-refractivity contribution is 6.30. The molecule has 2 heterocycles. The van der Waals surface area contributed by atoms with Crippen molar-refractivity contribution < 1.29 is 4.79 Å². The van der Waals surface area contributed by atoms with Crippen LogP contribution in [-0.4, -0.2) is 15.8 Å². The second kappa shape index (κ2) is 2.85. The molecule has 0 aliphatic heterocycles. The van der Waals surface area contributed by atoms with E-state index in [-0.39, 0.29) is 0 Å². The lowest BCUT2D eigenvalue weighted by Gasteiger charge is -1.99. The molecule has 2 aromatic rings. The molecular weight excluding hydrogens is 188 g/mol. The molecule has 13 heavy (non-hydrogen) atoms. The Bertz CT molecular complexity index is 476. The molecule has 0 fully saturated rings. The number of rotatable bonds is 1. The fourth-order valence-electron chi connectivity index (χ4n) is 1.39. The van der Waals surface area contributed by atoms with E-state index in [1.54, 1.807) is 6.07 Å². The average molecular weight is 195 g/mol. The van der Waals surface area contributed by atoms with E-state index < -0.39 is 0 Å². The second-order valence-electron chi connectivity index (χ2n) is 2.81. The number of hydrogen-bond donors (Lipinski definition) is 0. The highest BCUT2D eigenvalue weighted by atomic mass is 35.5. The summed E-state index contributed by atoms with van der Waals surface area (Å²) in [7, 11) is 1.87. The molecular formula is C9H7ClN2O. The van der Waals surface area contributed by atoms with Gasteiger partial charge in [-0.1, -0.05) is 11.6 Å². The molecule has 3 nitrogen and oxygen atoms in total. The van der Waals surface area contributed by atoms with Crippen LogP contribution in [0, 0.1) is 0 Å². The van der Waals surface area contributed by atoms with Gasteiger partial charge in [0.1, 0.15) is 5.15 Å². The summed E-state index contributed by atoms with van der Waals surface area (Å²) < 4.78 is 1.85. The third-order valence-corrected chi connectivity index (χ3v) is 2.15. The third-order valence-electron chi connectivity index (χ3n) is 1.95. The van der Waals surface area contributed by atoms with Gasteiger partial charge in [-0.3, -0.25) is 4.79 Å². The quantitative estimate of drug-likeness (QED) is 0.514. The number of carbonyl (C=O) groups excluding carboxylic acids is 1. The summed E-state index contributed by atoms with van der Waals surface area (Å²) in [5.74, 6) is 0. The van der Waals surface area contributed by atoms with Crippen LogP contribution in [0.1, 0.15) is 10.4 Å². The Labute approximate surface area is 79.9 Å². The fourth-order valence-corrected chi connectivity index (χ4v) is 1.60. The van der Waals surface area contributed by atoms with Gasteiger partial charge in [-0.25, -0.2) is 4.98 Å². The lowest BCUT2D eigenvalue weighted by molar-refractivity contribution is 0.112. The molecule has 0 aliphatic carbocycles. The van der Waals surface area contributed by atoms with Crippen molar-refractivity contribution in [3.63, 3.8) is 0 Å². The molecule has 0 spiro atoms. The lowest BCUT2D eigenvalue weighted by atomic mass is 10.2. The van der Waals surface area contributed by atoms with Crippen molar-refractivity contribution in [1.29, 1.82) is 0 Å². The van der Waals surface area contributed by atoms with Crippen LogP contribution in [0.2, 0.25) is 5.15 Å². The number of aromatic nitrogens is 2. The minimum atomic E-state index is 0.348. The summed E-state index contributed by atoms with van der Waals surface area (Å²) in [6, 6.07) is 3.39. The highest BCUT2D eigenvalue weighted by Gasteiger charge is 2.06. The van der Waals surface area contributed by atoms with Crippen LogP contribution in [0.4, 0.5) is 0 Å². The Morgan fingerprint density at radius 1 is 1.62 bits per heavy atom. The van der Waals surface area contributed by atoms with Crippen LogP contribution in [0.3, 0.4) is 0 Å². The van der Waals surface area contributed by atoms with Gasteiger partial charge in [0.15, 0.2) is 6.29 Å². The number of nitrogens with zero attached hydrogens (tertiary/aromatic N) is 2. The molecule has 66 valence electrons. The van der Waals surface area contributed by atoms with Gasteiger partial charge in [-0.05, 0) is 12.1 Å². The first kappa shape index (κ1) is 8.26. The summed E-state index contributed by atoms with van der Waals surface area (Å²) in [6.07, 6.45) is 2.64. The SMILES string of the molecule is Cn1ccc2nc(Cl)cc(C=O)c21. The molecule has 0 aliphatic rings. The van der Waals surface area contributed by atoms with E-state index in [9.17, 15) is 4.79 Å². The number of pyridine rings is 1. The van der Waals surface area contributed by atoms with E-state index in [0.29, 0.717) is 10.7 Å². The summed E-state index contributed by atoms with van der Waals surface area (Å²) in [5, 5.41) is 0.348. The Morgan fingerprint density at radius 3 is 3.08 bits per heavy atom. The molecule has 0 bridgehead atoms. The molecule has 0 N–H and O–H groups in total. The first-order valence-corrected chi connectivity index (χ1v) is 4.17. The molecule has 2 rings (SSSR count). The second-order valence-corrected chi connectivity index (χ2v) is 3.20. The van der Waals surface area contributed by atoms with Crippen LogP contribution in [-0.2, 0) is 7.05 Å². The van der Waals surface area contributed by atoms with Crippen molar-refractivity contribution >= 4 is 28.9 Å². The van der Waals surface area contributed by atoms with Gasteiger partial charge in [-0.15, -0.1) is 0 Å². The number of aryl methyl sites for hydroxylation is 1. The number of halogens is 1. The fraction of sp³-hybridized carbons (Fsp3) is 0.111. The predicted molar refractivity (Wildman–Crippen MR) is 51.1 cm³/mol. The number of fused-ring (bicyclic) bond motifs is 1. The summed E-state index contributed by atoms with van der Waals surface area (Å²) in [6.45, 7) is 0. The van der Waals surface area contributed by atoms with Gasteiger partial charge in [0.25, 0.3) is 0 Å². The first-order chi connectivity index (χ1) is 6.22. The zero-order chi connectivity index (χ0) is 9.42. The van der Waals surface area contributed by atoms with E-state index in [0.717, 1.165) is 17.3 Å². The maximum atomic E-state index is 10.7. The van der Waals surface area contributed by atoms with E-state index in [2.05, 4.69) is 4.98 Å². The Balaban J connectivity index is 2.92. The van der Waals surface area contributed by atoms with E-state index in [1.807, 2.05) is 23.9 Å². The Hall–Kier alpha value is -1.35. The van der Waals surface area contributed by atoms with Crippen molar-refractivity contribution in [2.45, 2.75) is 0 Å². The summed E-state index contributed by atoms with van der Waals surface area (Å²) in [4.78, 5) is 14.8. The van der Waals surface area contributed by atoms with E-state index >= 15 is 0 Å². The third kappa shape index (κ3) is 1.21. The van der Waals surface area contributed by atoms with Crippen molar-refractivity contribution in [2.24, 2.45) is 7.05 Å². The molecule has 0 aromatic carbocycles. The Kier molecular flexibility index (Phi) is 1.81. The zero-order valence-corrected chi connectivity index (χ0v) is 7.75. The molecule has 0 radical (unpaired) electrons. The molecule has 0 saturated heterocycles. The smallest absolute Gasteiger partial charge is 0.152 e. The van der Waals surface area contributed by atoms with Crippen molar-refractivity contribution in [1.82, 2.24) is 9.55 Å². The van der Waals surface area contributed by atoms with Crippen LogP contribution in [0.5, 0.6) is 0 Å². The maximum absolute atomic E-state index is 10.7. The highest BCUT2D eigenvalue weighted by Crippen LogP contribution is 2.19. The minimum absolute atomic E-state index is 0.348. The average Bonchev–Trinajstić information content (AvgIpc) is 2.46. The topological polar surface area (TPSA) is 34.9 Å². The van der Waals surface area contributed by atoms with Crippen LogP contribution >= 0.6 is 11.6 Å². The molecule has 0 unspecified atom stereocenters. The normalized spacial score (nSPS) is 10.6. The molecule has 2 aromatic heterocycles. The summed E-state index contributed by atoms with van der Waals surface area (Å²) in [5.41, 5.74) is 2.14. The van der Waals surface area contributed by atoms with Gasteiger partial charge < -0.3 is 4.57 Å². The van der Waals surface area contributed by atoms with Gasteiger partial charge in [0, 0.05) is 18.8 Å². The molecule has 0 saturated carbocycles. The van der Waals surface area contributed by atoms with Gasteiger partial charge in [-0.2, -0.15) is 0 Å². The van der Waals surface area contributed by atoms with E-state index in [4.69, 9.17) is 11.6 Å². The van der Waals surface area contributed by atoms with Crippen molar-refractivity contribution in [3.8, 4) is 0 Å². The monoisotopic (exact) mass is 194 g/mol. The largest absolute Gasteiger partial charge is 0.349 e. The van der Waals surface area contributed by atoms with Gasteiger partial charge in [0.05, 0.1) is 11.0 Å². The van der Waals surface area contributed by atoms with Crippen LogP contribution < -0.4 is 0 Å².